The van der Waals surface area contributed by atoms with E-state index in [1.165, 1.54) is 31.2 Å². The first-order chi connectivity index (χ1) is 14.0. The third-order valence-electron chi connectivity index (χ3n) is 4.79. The molecule has 0 radical (unpaired) electrons. The predicted octanol–water partition coefficient (Wildman–Crippen LogP) is 3.11. The standard InChI is InChI=1S/C18H21F3N2O7/c1-11(30-10-17(7-8-17)18(19,20)21)14(15(24)28-2)22-16(25)29-9-12-3-5-13(6-4-12)23(26)27/h3-6,11,14H,7-10H2,1-2H3,(H,22,25)/t11-,14+/m1/s1. The molecule has 0 aliphatic heterocycles. The summed E-state index contributed by atoms with van der Waals surface area (Å²) in [6, 6.07) is 3.86. The number of halogens is 3. The highest BCUT2D eigenvalue weighted by molar-refractivity contribution is 5.81. The first kappa shape index (κ1) is 23.4. The number of nitrogens with zero attached hydrogens (tertiary/aromatic N) is 1. The maximum absolute atomic E-state index is 13.0. The number of ether oxygens (including phenoxy) is 3. The minimum atomic E-state index is -4.41. The average molecular weight is 434 g/mol. The Labute approximate surface area is 169 Å². The fourth-order valence-corrected chi connectivity index (χ4v) is 2.57. The number of hydrogen-bond donors (Lipinski definition) is 1. The van der Waals surface area contributed by atoms with Gasteiger partial charge in [0.2, 0.25) is 0 Å². The Morgan fingerprint density at radius 3 is 2.33 bits per heavy atom. The number of alkyl halides is 3. The Morgan fingerprint density at radius 1 is 1.27 bits per heavy atom. The number of hydrogen-bond acceptors (Lipinski definition) is 7. The third-order valence-corrected chi connectivity index (χ3v) is 4.79. The number of nitro groups is 1. The van der Waals surface area contributed by atoms with Crippen molar-refractivity contribution in [2.75, 3.05) is 13.7 Å². The monoisotopic (exact) mass is 434 g/mol. The highest BCUT2D eigenvalue weighted by atomic mass is 19.4. The maximum atomic E-state index is 13.0. The van der Waals surface area contributed by atoms with Crippen molar-refractivity contribution in [2.24, 2.45) is 5.41 Å². The largest absolute Gasteiger partial charge is 0.467 e. The molecule has 0 bridgehead atoms. The van der Waals surface area contributed by atoms with Crippen LogP contribution in [0.15, 0.2) is 24.3 Å². The smallest absolute Gasteiger partial charge is 0.408 e. The first-order valence-corrected chi connectivity index (χ1v) is 8.92. The maximum Gasteiger partial charge on any atom is 0.408 e. The van der Waals surface area contributed by atoms with Crippen LogP contribution in [0.1, 0.15) is 25.3 Å². The van der Waals surface area contributed by atoms with Crippen LogP contribution in [-0.2, 0) is 25.6 Å². The van der Waals surface area contributed by atoms with E-state index in [1.807, 2.05) is 0 Å². The summed E-state index contributed by atoms with van der Waals surface area (Å²) in [5.41, 5.74) is -1.60. The number of methoxy groups -OCH3 is 1. The summed E-state index contributed by atoms with van der Waals surface area (Å²) in [5, 5.41) is 12.8. The van der Waals surface area contributed by atoms with Crippen LogP contribution in [-0.4, -0.2) is 49.0 Å². The fourth-order valence-electron chi connectivity index (χ4n) is 2.57. The zero-order valence-corrected chi connectivity index (χ0v) is 16.2. The molecule has 1 amide bonds. The van der Waals surface area contributed by atoms with E-state index in [2.05, 4.69) is 10.1 Å². The SMILES string of the molecule is COC(=O)[C@@H](NC(=O)OCc1ccc([N+](=O)[O-])cc1)[C@@H](C)OCC1(C(F)(F)F)CC1. The Morgan fingerprint density at radius 2 is 1.87 bits per heavy atom. The molecule has 0 heterocycles. The van der Waals surface area contributed by atoms with Crippen molar-refractivity contribution in [3.8, 4) is 0 Å². The van der Waals surface area contributed by atoms with Crippen LogP contribution in [0.4, 0.5) is 23.7 Å². The predicted molar refractivity (Wildman–Crippen MR) is 95.4 cm³/mol. The Balaban J connectivity index is 1.90. The molecule has 2 rings (SSSR count). The van der Waals surface area contributed by atoms with Gasteiger partial charge in [0.25, 0.3) is 5.69 Å². The highest BCUT2D eigenvalue weighted by Gasteiger charge is 2.63. The lowest BCUT2D eigenvalue weighted by Gasteiger charge is -2.26. The van der Waals surface area contributed by atoms with E-state index >= 15 is 0 Å². The molecule has 30 heavy (non-hydrogen) atoms. The van der Waals surface area contributed by atoms with Crippen molar-refractivity contribution >= 4 is 17.7 Å². The molecule has 1 saturated carbocycles. The highest BCUT2D eigenvalue weighted by Crippen LogP contribution is 2.57. The van der Waals surface area contributed by atoms with Crippen LogP contribution in [0.2, 0.25) is 0 Å². The molecule has 0 unspecified atom stereocenters. The number of benzene rings is 1. The van der Waals surface area contributed by atoms with E-state index in [4.69, 9.17) is 9.47 Å². The van der Waals surface area contributed by atoms with E-state index in [0.29, 0.717) is 5.56 Å². The van der Waals surface area contributed by atoms with Crippen LogP contribution in [0.25, 0.3) is 0 Å². The molecule has 12 heteroatoms. The Hall–Kier alpha value is -2.89. The molecule has 1 aliphatic carbocycles. The van der Waals surface area contributed by atoms with Gasteiger partial charge in [-0.1, -0.05) is 0 Å². The van der Waals surface area contributed by atoms with Crippen LogP contribution in [0.3, 0.4) is 0 Å². The molecule has 1 aliphatic rings. The second-order valence-electron chi connectivity index (χ2n) is 6.94. The molecule has 0 spiro atoms. The summed E-state index contributed by atoms with van der Waals surface area (Å²) in [6.45, 7) is 0.458. The Bertz CT molecular complexity index is 779. The Kier molecular flexibility index (Phi) is 7.24. The minimum Gasteiger partial charge on any atom is -0.467 e. The van der Waals surface area contributed by atoms with Crippen LogP contribution >= 0.6 is 0 Å². The normalized spacial score (nSPS) is 16.8. The zero-order chi connectivity index (χ0) is 22.5. The molecule has 0 saturated heterocycles. The van der Waals surface area contributed by atoms with Gasteiger partial charge in [0.15, 0.2) is 6.04 Å². The second kappa shape index (κ2) is 9.28. The lowest BCUT2D eigenvalue weighted by molar-refractivity contribution is -0.384. The van der Waals surface area contributed by atoms with Gasteiger partial charge >= 0.3 is 18.2 Å². The molecular formula is C18H21F3N2O7. The van der Waals surface area contributed by atoms with Crippen molar-refractivity contribution in [3.63, 3.8) is 0 Å². The number of esters is 1. The van der Waals surface area contributed by atoms with Gasteiger partial charge in [0.05, 0.1) is 30.2 Å². The quantitative estimate of drug-likeness (QED) is 0.361. The molecule has 1 N–H and O–H groups in total. The lowest BCUT2D eigenvalue weighted by Crippen LogP contribution is -2.50. The van der Waals surface area contributed by atoms with E-state index in [9.17, 15) is 32.9 Å². The van der Waals surface area contributed by atoms with Crippen molar-refractivity contribution in [2.45, 2.75) is 44.7 Å². The third kappa shape index (κ3) is 5.81. The zero-order valence-electron chi connectivity index (χ0n) is 16.2. The fraction of sp³-hybridized carbons (Fsp3) is 0.556. The van der Waals surface area contributed by atoms with E-state index < -0.39 is 47.3 Å². The van der Waals surface area contributed by atoms with Gasteiger partial charge < -0.3 is 19.5 Å². The van der Waals surface area contributed by atoms with Crippen molar-refractivity contribution in [3.05, 3.63) is 39.9 Å². The van der Waals surface area contributed by atoms with Crippen molar-refractivity contribution < 1.29 is 41.9 Å². The molecule has 2 atom stereocenters. The average Bonchev–Trinajstić information content (AvgIpc) is 3.49. The van der Waals surface area contributed by atoms with Crippen molar-refractivity contribution in [1.29, 1.82) is 0 Å². The van der Waals surface area contributed by atoms with Gasteiger partial charge in [-0.05, 0) is 37.5 Å². The van der Waals surface area contributed by atoms with Gasteiger partial charge in [-0.15, -0.1) is 0 Å². The molecule has 1 fully saturated rings. The number of nitro benzene ring substituents is 1. The van der Waals surface area contributed by atoms with Gasteiger partial charge in [-0.3, -0.25) is 10.1 Å². The molecule has 166 valence electrons. The molecular weight excluding hydrogens is 413 g/mol. The summed E-state index contributed by atoms with van der Waals surface area (Å²) >= 11 is 0. The molecule has 1 aromatic carbocycles. The number of amides is 1. The summed E-state index contributed by atoms with van der Waals surface area (Å²) < 4.78 is 53.8. The van der Waals surface area contributed by atoms with Crippen LogP contribution in [0, 0.1) is 15.5 Å². The number of nitrogens with one attached hydrogen (secondary N) is 1. The van der Waals surface area contributed by atoms with Gasteiger partial charge in [-0.2, -0.15) is 13.2 Å². The molecule has 1 aromatic rings. The summed E-state index contributed by atoms with van der Waals surface area (Å²) in [5.74, 6) is -0.911. The number of carbonyl (C=O) groups excluding carboxylic acids is 2. The molecule has 9 nitrogen and oxygen atoms in total. The number of alkyl carbamates (subject to hydrolysis) is 1. The summed E-state index contributed by atoms with van der Waals surface area (Å²) in [6.07, 6.45) is -6.67. The van der Waals surface area contributed by atoms with Gasteiger partial charge in [0.1, 0.15) is 6.61 Å². The van der Waals surface area contributed by atoms with Gasteiger partial charge in [-0.25, -0.2) is 9.59 Å². The number of carbonyl (C=O) groups is 2. The lowest BCUT2D eigenvalue weighted by atomic mass is 10.1. The van der Waals surface area contributed by atoms with E-state index in [1.54, 1.807) is 0 Å². The minimum absolute atomic E-state index is 0.0587. The van der Waals surface area contributed by atoms with Crippen molar-refractivity contribution in [1.82, 2.24) is 5.32 Å². The second-order valence-corrected chi connectivity index (χ2v) is 6.94. The number of rotatable bonds is 9. The topological polar surface area (TPSA) is 117 Å². The van der Waals surface area contributed by atoms with Crippen LogP contribution < -0.4 is 5.32 Å². The number of non-ortho nitro benzene ring substituents is 1. The summed E-state index contributed by atoms with van der Waals surface area (Å²) in [4.78, 5) is 34.0. The first-order valence-electron chi connectivity index (χ1n) is 8.92. The van der Waals surface area contributed by atoms with Gasteiger partial charge in [0, 0.05) is 12.1 Å². The van der Waals surface area contributed by atoms with E-state index in [-0.39, 0.29) is 25.1 Å². The summed E-state index contributed by atoms with van der Waals surface area (Å²) in [7, 11) is 1.06. The van der Waals surface area contributed by atoms with Crippen LogP contribution in [0.5, 0.6) is 0 Å². The molecule has 0 aromatic heterocycles. The van der Waals surface area contributed by atoms with E-state index in [0.717, 1.165) is 7.11 Å².